The lowest BCUT2D eigenvalue weighted by Gasteiger charge is -2.16. The van der Waals surface area contributed by atoms with Gasteiger partial charge in [-0.05, 0) is 37.1 Å². The topological polar surface area (TPSA) is 33.1 Å². The third-order valence-corrected chi connectivity index (χ3v) is 2.85. The monoisotopic (exact) mass is 249 g/mol. The lowest BCUT2D eigenvalue weighted by atomic mass is 9.96. The molecule has 0 aliphatic heterocycles. The minimum absolute atomic E-state index is 0.0239. The predicted octanol–water partition coefficient (Wildman–Crippen LogP) is 3.06. The summed E-state index contributed by atoms with van der Waals surface area (Å²) in [7, 11) is 0. The second kappa shape index (κ2) is 4.82. The third kappa shape index (κ3) is 2.24. The van der Waals surface area contributed by atoms with Gasteiger partial charge >= 0.3 is 0 Å². The molecular formula is C14H13F2NO. The molecule has 0 bridgehead atoms. The number of nitrogens with zero attached hydrogens (tertiary/aromatic N) is 1. The number of aliphatic hydroxyl groups is 1. The van der Waals surface area contributed by atoms with Gasteiger partial charge in [-0.2, -0.15) is 0 Å². The van der Waals surface area contributed by atoms with Crippen molar-refractivity contribution in [2.24, 2.45) is 0 Å². The van der Waals surface area contributed by atoms with Crippen molar-refractivity contribution >= 4 is 0 Å². The van der Waals surface area contributed by atoms with E-state index in [1.807, 2.05) is 0 Å². The number of halogens is 2. The summed E-state index contributed by atoms with van der Waals surface area (Å²) < 4.78 is 27.4. The Kier molecular flexibility index (Phi) is 3.39. The van der Waals surface area contributed by atoms with E-state index in [4.69, 9.17) is 0 Å². The molecule has 0 amide bonds. The minimum Gasteiger partial charge on any atom is -0.383 e. The van der Waals surface area contributed by atoms with E-state index in [1.54, 1.807) is 19.9 Å². The maximum absolute atomic E-state index is 13.9. The van der Waals surface area contributed by atoms with Crippen LogP contribution in [-0.4, -0.2) is 10.1 Å². The Labute approximate surface area is 104 Å². The molecule has 0 aliphatic rings. The SMILES string of the molecule is Cc1cc(C)c(C(O)c2ccncc2F)c(F)c1. The van der Waals surface area contributed by atoms with Crippen molar-refractivity contribution in [3.05, 3.63) is 64.5 Å². The summed E-state index contributed by atoms with van der Waals surface area (Å²) in [5.41, 5.74) is 1.48. The first-order valence-electron chi connectivity index (χ1n) is 5.55. The van der Waals surface area contributed by atoms with Gasteiger partial charge in [0.2, 0.25) is 0 Å². The van der Waals surface area contributed by atoms with Gasteiger partial charge in [0.15, 0.2) is 0 Å². The molecule has 0 aliphatic carbocycles. The maximum Gasteiger partial charge on any atom is 0.147 e. The molecule has 94 valence electrons. The van der Waals surface area contributed by atoms with Crippen LogP contribution in [0.1, 0.15) is 28.4 Å². The van der Waals surface area contributed by atoms with Crippen LogP contribution in [-0.2, 0) is 0 Å². The van der Waals surface area contributed by atoms with Crippen molar-refractivity contribution in [3.63, 3.8) is 0 Å². The Morgan fingerprint density at radius 2 is 1.89 bits per heavy atom. The van der Waals surface area contributed by atoms with Gasteiger partial charge in [-0.25, -0.2) is 8.78 Å². The van der Waals surface area contributed by atoms with Crippen LogP contribution in [0, 0.1) is 25.5 Å². The molecule has 2 nitrogen and oxygen atoms in total. The fourth-order valence-electron chi connectivity index (χ4n) is 2.04. The minimum atomic E-state index is -1.33. The lowest BCUT2D eigenvalue weighted by Crippen LogP contribution is -2.08. The van der Waals surface area contributed by atoms with Gasteiger partial charge in [0.1, 0.15) is 17.7 Å². The largest absolute Gasteiger partial charge is 0.383 e. The van der Waals surface area contributed by atoms with Crippen molar-refractivity contribution < 1.29 is 13.9 Å². The second-order valence-electron chi connectivity index (χ2n) is 4.28. The first-order chi connectivity index (χ1) is 8.50. The summed E-state index contributed by atoms with van der Waals surface area (Å²) in [6.45, 7) is 3.45. The van der Waals surface area contributed by atoms with Crippen molar-refractivity contribution in [2.75, 3.05) is 0 Å². The summed E-state index contributed by atoms with van der Waals surface area (Å²) in [6.07, 6.45) is 1.04. The van der Waals surface area contributed by atoms with Crippen LogP contribution in [0.3, 0.4) is 0 Å². The number of aromatic nitrogens is 1. The van der Waals surface area contributed by atoms with Gasteiger partial charge in [-0.1, -0.05) is 6.07 Å². The zero-order chi connectivity index (χ0) is 13.3. The number of pyridine rings is 1. The molecule has 1 N–H and O–H groups in total. The number of aryl methyl sites for hydroxylation is 2. The standard InChI is InChI=1S/C14H13F2NO/c1-8-5-9(2)13(11(15)6-8)14(18)10-3-4-17-7-12(10)16/h3-7,14,18H,1-2H3. The normalized spacial score (nSPS) is 12.5. The molecule has 1 atom stereocenters. The summed E-state index contributed by atoms with van der Waals surface area (Å²) >= 11 is 0. The molecule has 0 saturated heterocycles. The van der Waals surface area contributed by atoms with E-state index < -0.39 is 17.7 Å². The number of hydrogen-bond acceptors (Lipinski definition) is 2. The van der Waals surface area contributed by atoms with Gasteiger partial charge in [-0.3, -0.25) is 4.98 Å². The Hall–Kier alpha value is -1.81. The quantitative estimate of drug-likeness (QED) is 0.887. The molecule has 0 saturated carbocycles. The van der Waals surface area contributed by atoms with E-state index in [1.165, 1.54) is 18.3 Å². The first-order valence-corrected chi connectivity index (χ1v) is 5.55. The second-order valence-corrected chi connectivity index (χ2v) is 4.28. The number of benzene rings is 1. The van der Waals surface area contributed by atoms with E-state index in [0.717, 1.165) is 11.8 Å². The van der Waals surface area contributed by atoms with Crippen LogP contribution < -0.4 is 0 Å². The molecular weight excluding hydrogens is 236 g/mol. The van der Waals surface area contributed by atoms with Crippen molar-refractivity contribution in [3.8, 4) is 0 Å². The van der Waals surface area contributed by atoms with Gasteiger partial charge < -0.3 is 5.11 Å². The molecule has 0 fully saturated rings. The van der Waals surface area contributed by atoms with Crippen LogP contribution in [0.15, 0.2) is 30.6 Å². The molecule has 1 heterocycles. The highest BCUT2D eigenvalue weighted by Crippen LogP contribution is 2.29. The Balaban J connectivity index is 2.53. The highest BCUT2D eigenvalue weighted by Gasteiger charge is 2.20. The predicted molar refractivity (Wildman–Crippen MR) is 64.1 cm³/mol. The number of rotatable bonds is 2. The third-order valence-electron chi connectivity index (χ3n) is 2.85. The van der Waals surface area contributed by atoms with Crippen LogP contribution in [0.25, 0.3) is 0 Å². The van der Waals surface area contributed by atoms with Crippen LogP contribution >= 0.6 is 0 Å². The number of hydrogen-bond donors (Lipinski definition) is 1. The first kappa shape index (κ1) is 12.6. The zero-order valence-electron chi connectivity index (χ0n) is 10.1. The van der Waals surface area contributed by atoms with Gasteiger partial charge in [0.25, 0.3) is 0 Å². The Bertz CT molecular complexity index is 561. The summed E-state index contributed by atoms with van der Waals surface area (Å²) in [5.74, 6) is -1.18. The van der Waals surface area contributed by atoms with Crippen LogP contribution in [0.4, 0.5) is 8.78 Å². The average molecular weight is 249 g/mol. The van der Waals surface area contributed by atoms with Crippen molar-refractivity contribution in [2.45, 2.75) is 20.0 Å². The molecule has 0 radical (unpaired) electrons. The zero-order valence-corrected chi connectivity index (χ0v) is 10.1. The van der Waals surface area contributed by atoms with E-state index >= 15 is 0 Å². The van der Waals surface area contributed by atoms with Gasteiger partial charge in [0, 0.05) is 17.3 Å². The molecule has 2 rings (SSSR count). The average Bonchev–Trinajstić information content (AvgIpc) is 2.27. The Morgan fingerprint density at radius 3 is 2.50 bits per heavy atom. The van der Waals surface area contributed by atoms with E-state index in [2.05, 4.69) is 4.98 Å². The Morgan fingerprint density at radius 1 is 1.17 bits per heavy atom. The van der Waals surface area contributed by atoms with E-state index in [-0.39, 0.29) is 11.1 Å². The van der Waals surface area contributed by atoms with Gasteiger partial charge in [-0.15, -0.1) is 0 Å². The number of aliphatic hydroxyl groups excluding tert-OH is 1. The molecule has 18 heavy (non-hydrogen) atoms. The van der Waals surface area contributed by atoms with Crippen molar-refractivity contribution in [1.82, 2.24) is 4.98 Å². The molecule has 0 spiro atoms. The van der Waals surface area contributed by atoms with Gasteiger partial charge in [0.05, 0.1) is 6.20 Å². The lowest BCUT2D eigenvalue weighted by molar-refractivity contribution is 0.208. The molecule has 1 unspecified atom stereocenters. The molecule has 1 aromatic carbocycles. The van der Waals surface area contributed by atoms with E-state index in [9.17, 15) is 13.9 Å². The van der Waals surface area contributed by atoms with Crippen LogP contribution in [0.2, 0.25) is 0 Å². The fourth-order valence-corrected chi connectivity index (χ4v) is 2.04. The highest BCUT2D eigenvalue weighted by molar-refractivity contribution is 5.38. The fraction of sp³-hybridized carbons (Fsp3) is 0.214. The van der Waals surface area contributed by atoms with Crippen LogP contribution in [0.5, 0.6) is 0 Å². The summed E-state index contributed by atoms with van der Waals surface area (Å²) in [6, 6.07) is 4.42. The molecule has 1 aromatic heterocycles. The maximum atomic E-state index is 13.9. The highest BCUT2D eigenvalue weighted by atomic mass is 19.1. The summed E-state index contributed by atoms with van der Waals surface area (Å²) in [5, 5.41) is 10.1. The molecule has 2 aromatic rings. The molecule has 4 heteroatoms. The summed E-state index contributed by atoms with van der Waals surface area (Å²) in [4.78, 5) is 3.60. The van der Waals surface area contributed by atoms with Crippen molar-refractivity contribution in [1.29, 1.82) is 0 Å². The van der Waals surface area contributed by atoms with E-state index in [0.29, 0.717) is 5.56 Å². The smallest absolute Gasteiger partial charge is 0.147 e.